The van der Waals surface area contributed by atoms with Crippen LogP contribution in [-0.4, -0.2) is 43.9 Å². The average molecular weight is 272 g/mol. The Morgan fingerprint density at radius 3 is 2.32 bits per heavy atom. The van der Waals surface area contributed by atoms with E-state index >= 15 is 0 Å². The predicted octanol–water partition coefficient (Wildman–Crippen LogP) is 0.923. The molecule has 6 heteroatoms. The molecule has 110 valence electrons. The Morgan fingerprint density at radius 1 is 1.26 bits per heavy atom. The second-order valence-electron chi connectivity index (χ2n) is 5.81. The van der Waals surface area contributed by atoms with Gasteiger partial charge in [0.25, 0.3) is 0 Å². The summed E-state index contributed by atoms with van der Waals surface area (Å²) in [6, 6.07) is 0. The van der Waals surface area contributed by atoms with Gasteiger partial charge in [0, 0.05) is 26.1 Å². The molecule has 0 saturated carbocycles. The largest absolute Gasteiger partial charge is 0.367 e. The van der Waals surface area contributed by atoms with Crippen LogP contribution in [0.3, 0.4) is 0 Å². The van der Waals surface area contributed by atoms with Gasteiger partial charge in [-0.05, 0) is 33.6 Å². The molecule has 0 unspecified atom stereocenters. The molecular formula is C13H24N2O4. The van der Waals surface area contributed by atoms with E-state index < -0.39 is 5.41 Å². The molecule has 1 aliphatic rings. The molecule has 1 amide bonds. The fourth-order valence-electron chi connectivity index (χ4n) is 1.75. The molecule has 1 rings (SSSR count). The van der Waals surface area contributed by atoms with Crippen LogP contribution < -0.4 is 5.32 Å². The Morgan fingerprint density at radius 2 is 1.84 bits per heavy atom. The SMILES string of the molecule is COCNC(=O)C1CCN(OC(=O)C(C)(C)C)CC1. The smallest absolute Gasteiger partial charge is 0.330 e. The van der Waals surface area contributed by atoms with E-state index in [4.69, 9.17) is 9.57 Å². The van der Waals surface area contributed by atoms with E-state index in [0.29, 0.717) is 25.9 Å². The zero-order chi connectivity index (χ0) is 14.5. The average Bonchev–Trinajstić information content (AvgIpc) is 2.35. The summed E-state index contributed by atoms with van der Waals surface area (Å²) in [6.45, 7) is 6.87. The lowest BCUT2D eigenvalue weighted by Crippen LogP contribution is -2.43. The summed E-state index contributed by atoms with van der Waals surface area (Å²) >= 11 is 0. The normalized spacial score (nSPS) is 18.1. The molecule has 6 nitrogen and oxygen atoms in total. The maximum atomic E-state index is 11.7. The van der Waals surface area contributed by atoms with E-state index in [2.05, 4.69) is 5.32 Å². The second-order valence-corrected chi connectivity index (χ2v) is 5.81. The highest BCUT2D eigenvalue weighted by atomic mass is 16.7. The number of piperidine rings is 1. The van der Waals surface area contributed by atoms with Crippen LogP contribution in [0.1, 0.15) is 33.6 Å². The molecule has 1 heterocycles. The van der Waals surface area contributed by atoms with Gasteiger partial charge >= 0.3 is 5.97 Å². The highest BCUT2D eigenvalue weighted by Crippen LogP contribution is 2.21. The summed E-state index contributed by atoms with van der Waals surface area (Å²) in [5, 5.41) is 4.34. The standard InChI is InChI=1S/C13H24N2O4/c1-13(2,3)12(17)19-15-7-5-10(6-8-15)11(16)14-9-18-4/h10H,5-9H2,1-4H3,(H,14,16). The maximum absolute atomic E-state index is 11.7. The third-order valence-corrected chi connectivity index (χ3v) is 3.04. The molecule has 1 saturated heterocycles. The molecule has 1 N–H and O–H groups in total. The van der Waals surface area contributed by atoms with Crippen LogP contribution in [0.5, 0.6) is 0 Å². The zero-order valence-corrected chi connectivity index (χ0v) is 12.2. The van der Waals surface area contributed by atoms with E-state index in [1.807, 2.05) is 20.8 Å². The highest BCUT2D eigenvalue weighted by molar-refractivity contribution is 5.78. The van der Waals surface area contributed by atoms with Crippen LogP contribution >= 0.6 is 0 Å². The van der Waals surface area contributed by atoms with Gasteiger partial charge in [-0.15, -0.1) is 5.06 Å². The molecule has 0 bridgehead atoms. The van der Waals surface area contributed by atoms with Crippen molar-refractivity contribution in [2.75, 3.05) is 26.9 Å². The second kappa shape index (κ2) is 6.86. The van der Waals surface area contributed by atoms with E-state index in [-0.39, 0.29) is 24.5 Å². The molecule has 0 aliphatic carbocycles. The first-order valence-corrected chi connectivity index (χ1v) is 6.58. The van der Waals surface area contributed by atoms with Crippen molar-refractivity contribution in [1.29, 1.82) is 0 Å². The lowest BCUT2D eigenvalue weighted by Gasteiger charge is -2.31. The first kappa shape index (κ1) is 15.9. The summed E-state index contributed by atoms with van der Waals surface area (Å²) in [6.07, 6.45) is 1.37. The minimum Gasteiger partial charge on any atom is -0.367 e. The molecule has 1 fully saturated rings. The number of methoxy groups -OCH3 is 1. The molecule has 0 atom stereocenters. The lowest BCUT2D eigenvalue weighted by atomic mass is 9.96. The molecule has 0 aromatic rings. The molecule has 19 heavy (non-hydrogen) atoms. The van der Waals surface area contributed by atoms with Gasteiger partial charge in [0.1, 0.15) is 6.73 Å². The number of amides is 1. The van der Waals surface area contributed by atoms with Crippen LogP contribution in [0.2, 0.25) is 0 Å². The van der Waals surface area contributed by atoms with Crippen LogP contribution in [0.25, 0.3) is 0 Å². The van der Waals surface area contributed by atoms with E-state index in [9.17, 15) is 9.59 Å². The molecule has 1 aliphatic heterocycles. The fourth-order valence-corrected chi connectivity index (χ4v) is 1.75. The number of carbonyl (C=O) groups is 2. The first-order valence-electron chi connectivity index (χ1n) is 6.58. The van der Waals surface area contributed by atoms with Crippen molar-refractivity contribution in [3.63, 3.8) is 0 Å². The molecule has 0 spiro atoms. The first-order chi connectivity index (χ1) is 8.84. The number of hydrogen-bond donors (Lipinski definition) is 1. The third kappa shape index (κ3) is 5.16. The number of ether oxygens (including phenoxy) is 1. The third-order valence-electron chi connectivity index (χ3n) is 3.04. The summed E-state index contributed by atoms with van der Waals surface area (Å²) in [7, 11) is 1.54. The van der Waals surface area contributed by atoms with Crippen LogP contribution in [0.15, 0.2) is 0 Å². The van der Waals surface area contributed by atoms with Gasteiger partial charge in [-0.25, -0.2) is 4.79 Å². The maximum Gasteiger partial charge on any atom is 0.330 e. The van der Waals surface area contributed by atoms with Crippen LogP contribution in [-0.2, 0) is 19.2 Å². The minimum atomic E-state index is -0.507. The van der Waals surface area contributed by atoms with Crippen molar-refractivity contribution in [3.05, 3.63) is 0 Å². The number of hydroxylamine groups is 2. The van der Waals surface area contributed by atoms with Gasteiger partial charge in [0.15, 0.2) is 0 Å². The zero-order valence-electron chi connectivity index (χ0n) is 12.2. The summed E-state index contributed by atoms with van der Waals surface area (Å²) in [5.74, 6) is -0.266. The van der Waals surface area contributed by atoms with Crippen molar-refractivity contribution in [2.45, 2.75) is 33.6 Å². The van der Waals surface area contributed by atoms with Crippen LogP contribution in [0, 0.1) is 11.3 Å². The number of hydrogen-bond acceptors (Lipinski definition) is 5. The number of carbonyl (C=O) groups excluding carboxylic acids is 2. The number of nitrogens with one attached hydrogen (secondary N) is 1. The Bertz CT molecular complexity index is 317. The topological polar surface area (TPSA) is 67.9 Å². The quantitative estimate of drug-likeness (QED) is 0.771. The van der Waals surface area contributed by atoms with Gasteiger partial charge in [-0.2, -0.15) is 0 Å². The van der Waals surface area contributed by atoms with E-state index in [1.54, 1.807) is 5.06 Å². The minimum absolute atomic E-state index is 0.00338. The van der Waals surface area contributed by atoms with Crippen molar-refractivity contribution in [3.8, 4) is 0 Å². The van der Waals surface area contributed by atoms with E-state index in [1.165, 1.54) is 7.11 Å². The Labute approximate surface area is 114 Å². The van der Waals surface area contributed by atoms with Crippen molar-refractivity contribution >= 4 is 11.9 Å². The van der Waals surface area contributed by atoms with Gasteiger partial charge in [-0.1, -0.05) is 0 Å². The van der Waals surface area contributed by atoms with Crippen molar-refractivity contribution < 1.29 is 19.2 Å². The number of rotatable bonds is 4. The van der Waals surface area contributed by atoms with Gasteiger partial charge in [0.2, 0.25) is 5.91 Å². The predicted molar refractivity (Wildman–Crippen MR) is 69.9 cm³/mol. The van der Waals surface area contributed by atoms with Crippen LogP contribution in [0.4, 0.5) is 0 Å². The molecule has 0 aromatic heterocycles. The molecule has 0 radical (unpaired) electrons. The Balaban J connectivity index is 2.33. The van der Waals surface area contributed by atoms with E-state index in [0.717, 1.165) is 0 Å². The highest BCUT2D eigenvalue weighted by Gasteiger charge is 2.30. The van der Waals surface area contributed by atoms with Crippen molar-refractivity contribution in [2.24, 2.45) is 11.3 Å². The van der Waals surface area contributed by atoms with Gasteiger partial charge in [-0.3, -0.25) is 4.79 Å². The summed E-state index contributed by atoms with van der Waals surface area (Å²) < 4.78 is 4.80. The Kier molecular flexibility index (Phi) is 5.75. The van der Waals surface area contributed by atoms with Gasteiger partial charge in [0.05, 0.1) is 5.41 Å². The van der Waals surface area contributed by atoms with Crippen molar-refractivity contribution in [1.82, 2.24) is 10.4 Å². The monoisotopic (exact) mass is 272 g/mol. The Hall–Kier alpha value is -1.14. The molecular weight excluding hydrogens is 248 g/mol. The summed E-state index contributed by atoms with van der Waals surface area (Å²) in [4.78, 5) is 28.8. The van der Waals surface area contributed by atoms with Gasteiger partial charge < -0.3 is 14.9 Å². The summed E-state index contributed by atoms with van der Waals surface area (Å²) in [5.41, 5.74) is -0.507. The lowest BCUT2D eigenvalue weighted by molar-refractivity contribution is -0.206. The number of nitrogens with zero attached hydrogens (tertiary/aromatic N) is 1. The fraction of sp³-hybridized carbons (Fsp3) is 0.846. The molecule has 0 aromatic carbocycles.